The van der Waals surface area contributed by atoms with Crippen LogP contribution in [0.4, 0.5) is 23.7 Å². The number of rotatable bonds is 3. The molecule has 0 unspecified atom stereocenters. The maximum absolute atomic E-state index is 12.6. The van der Waals surface area contributed by atoms with Crippen LogP contribution in [0.2, 0.25) is 0 Å². The van der Waals surface area contributed by atoms with Crippen LogP contribution in [0.25, 0.3) is 0 Å². The third-order valence-corrected chi connectivity index (χ3v) is 2.54. The molecule has 0 aliphatic heterocycles. The molecule has 0 heterocycles. The van der Waals surface area contributed by atoms with E-state index >= 15 is 0 Å². The summed E-state index contributed by atoms with van der Waals surface area (Å²) in [7, 11) is 0. The Morgan fingerprint density at radius 2 is 2.05 bits per heavy atom. The highest BCUT2D eigenvalue weighted by atomic mass is 19.4. The molecule has 0 aliphatic rings. The third kappa shape index (κ3) is 4.24. The van der Waals surface area contributed by atoms with Crippen LogP contribution >= 0.6 is 0 Å². The Hall–Kier alpha value is -3.02. The molecule has 2 amide bonds. The van der Waals surface area contributed by atoms with Crippen molar-refractivity contribution >= 4 is 17.7 Å². The number of hydrogen-bond acceptors (Lipinski definition) is 4. The van der Waals surface area contributed by atoms with Gasteiger partial charge in [-0.15, -0.1) is 4.90 Å². The first-order valence-corrected chi connectivity index (χ1v) is 5.74. The van der Waals surface area contributed by atoms with Crippen LogP contribution in [0, 0.1) is 18.4 Å². The molecule has 0 saturated carbocycles. The van der Waals surface area contributed by atoms with Crippen molar-refractivity contribution in [2.45, 2.75) is 13.1 Å². The third-order valence-electron chi connectivity index (χ3n) is 2.54. The molecule has 9 heteroatoms. The van der Waals surface area contributed by atoms with Crippen molar-refractivity contribution in [1.29, 1.82) is 5.26 Å². The zero-order chi connectivity index (χ0) is 16.9. The Balaban J connectivity index is 2.89. The summed E-state index contributed by atoms with van der Waals surface area (Å²) in [6.45, 7) is 1.55. The van der Waals surface area contributed by atoms with Crippen LogP contribution < -0.4 is 5.32 Å². The van der Waals surface area contributed by atoms with E-state index in [4.69, 9.17) is 10.4 Å². The number of anilines is 1. The van der Waals surface area contributed by atoms with Crippen molar-refractivity contribution in [3.8, 4) is 6.19 Å². The molecular formula is C13H10F3N3O3. The van der Waals surface area contributed by atoms with Crippen molar-refractivity contribution in [2.24, 2.45) is 0 Å². The molecule has 116 valence electrons. The lowest BCUT2D eigenvalue weighted by Crippen LogP contribution is -2.29. The van der Waals surface area contributed by atoms with Crippen LogP contribution in [0.5, 0.6) is 0 Å². The van der Waals surface area contributed by atoms with Gasteiger partial charge in [0, 0.05) is 18.0 Å². The van der Waals surface area contributed by atoms with Crippen LogP contribution in [0.15, 0.2) is 30.5 Å². The van der Waals surface area contributed by atoms with Gasteiger partial charge >= 0.3 is 12.3 Å². The number of nitrogens with one attached hydrogen (secondary N) is 1. The number of carbonyl (C=O) groups is 2. The second kappa shape index (κ2) is 6.62. The summed E-state index contributed by atoms with van der Waals surface area (Å²) in [5.74, 6) is -1.15. The highest BCUT2D eigenvalue weighted by Crippen LogP contribution is 2.31. The zero-order valence-electron chi connectivity index (χ0n) is 11.2. The molecule has 0 saturated heterocycles. The molecule has 0 spiro atoms. The minimum atomic E-state index is -4.51. The normalized spacial score (nSPS) is 11.0. The average Bonchev–Trinajstić information content (AvgIpc) is 2.39. The standard InChI is InChI=1S/C13H10F3N3O3/c1-8-2-3-9(13(14,15)16)6-10(8)18-5-4-11(20)19(7-17)12(21)22/h2-6,18H,1H3,(H,21,22). The highest BCUT2D eigenvalue weighted by molar-refractivity contribution is 5.99. The van der Waals surface area contributed by atoms with E-state index in [0.29, 0.717) is 5.56 Å². The number of benzene rings is 1. The number of amides is 2. The largest absolute Gasteiger partial charge is 0.464 e. The molecule has 1 aromatic rings. The minimum absolute atomic E-state index is 0.0951. The van der Waals surface area contributed by atoms with E-state index in [1.54, 1.807) is 6.92 Å². The first-order valence-electron chi connectivity index (χ1n) is 5.74. The lowest BCUT2D eigenvalue weighted by Gasteiger charge is -2.11. The lowest BCUT2D eigenvalue weighted by molar-refractivity contribution is -0.137. The van der Waals surface area contributed by atoms with E-state index in [9.17, 15) is 22.8 Å². The molecular weight excluding hydrogens is 303 g/mol. The predicted molar refractivity (Wildman–Crippen MR) is 69.4 cm³/mol. The summed E-state index contributed by atoms with van der Waals surface area (Å²) in [6.07, 6.45) is -3.44. The topological polar surface area (TPSA) is 93.4 Å². The molecule has 0 fully saturated rings. The second-order valence-electron chi connectivity index (χ2n) is 4.06. The Labute approximate surface area is 123 Å². The fourth-order valence-corrected chi connectivity index (χ4v) is 1.42. The Morgan fingerprint density at radius 3 is 2.55 bits per heavy atom. The molecule has 6 nitrogen and oxygen atoms in total. The van der Waals surface area contributed by atoms with Crippen LogP contribution in [-0.4, -0.2) is 22.0 Å². The number of aryl methyl sites for hydroxylation is 1. The first-order chi connectivity index (χ1) is 10.2. The van der Waals surface area contributed by atoms with Gasteiger partial charge in [0.2, 0.25) is 0 Å². The van der Waals surface area contributed by atoms with Gasteiger partial charge in [0.1, 0.15) is 0 Å². The van der Waals surface area contributed by atoms with E-state index in [-0.39, 0.29) is 10.6 Å². The van der Waals surface area contributed by atoms with Gasteiger partial charge in [-0.2, -0.15) is 18.4 Å². The van der Waals surface area contributed by atoms with Crippen molar-refractivity contribution in [3.05, 3.63) is 41.6 Å². The van der Waals surface area contributed by atoms with Crippen molar-refractivity contribution in [1.82, 2.24) is 4.90 Å². The van der Waals surface area contributed by atoms with Crippen LogP contribution in [0.1, 0.15) is 11.1 Å². The molecule has 22 heavy (non-hydrogen) atoms. The fraction of sp³-hybridized carbons (Fsp3) is 0.154. The lowest BCUT2D eigenvalue weighted by atomic mass is 10.1. The van der Waals surface area contributed by atoms with E-state index in [2.05, 4.69) is 5.32 Å². The fourth-order valence-electron chi connectivity index (χ4n) is 1.42. The first kappa shape index (κ1) is 17.0. The van der Waals surface area contributed by atoms with Gasteiger partial charge in [-0.25, -0.2) is 4.79 Å². The molecule has 0 aliphatic carbocycles. The van der Waals surface area contributed by atoms with E-state index in [0.717, 1.165) is 30.6 Å². The number of hydrogen-bond donors (Lipinski definition) is 2. The zero-order valence-corrected chi connectivity index (χ0v) is 11.2. The van der Waals surface area contributed by atoms with Crippen molar-refractivity contribution < 1.29 is 27.9 Å². The summed E-state index contributed by atoms with van der Waals surface area (Å²) in [6, 6.07) is 3.01. The molecule has 0 atom stereocenters. The van der Waals surface area contributed by atoms with Crippen molar-refractivity contribution in [3.63, 3.8) is 0 Å². The molecule has 1 aromatic carbocycles. The molecule has 1 rings (SSSR count). The van der Waals surface area contributed by atoms with Gasteiger partial charge in [-0.1, -0.05) is 6.07 Å². The maximum Gasteiger partial charge on any atom is 0.428 e. The quantitative estimate of drug-likeness (QED) is 0.508. The van der Waals surface area contributed by atoms with Gasteiger partial charge in [-0.3, -0.25) is 4.79 Å². The molecule has 0 aromatic heterocycles. The SMILES string of the molecule is Cc1ccc(C(F)(F)F)cc1NC=CC(=O)N(C#N)C(=O)O. The highest BCUT2D eigenvalue weighted by Gasteiger charge is 2.30. The monoisotopic (exact) mass is 313 g/mol. The maximum atomic E-state index is 12.6. The van der Waals surface area contributed by atoms with Gasteiger partial charge in [0.25, 0.3) is 5.91 Å². The van der Waals surface area contributed by atoms with Gasteiger partial charge in [-0.05, 0) is 24.6 Å². The smallest absolute Gasteiger partial charge is 0.428 e. The minimum Gasteiger partial charge on any atom is -0.464 e. The number of carbonyl (C=O) groups excluding carboxylic acids is 1. The molecule has 0 radical (unpaired) electrons. The molecule has 0 bridgehead atoms. The van der Waals surface area contributed by atoms with Crippen LogP contribution in [-0.2, 0) is 11.0 Å². The van der Waals surface area contributed by atoms with E-state index in [1.807, 2.05) is 0 Å². The van der Waals surface area contributed by atoms with Gasteiger partial charge in [0.15, 0.2) is 6.19 Å². The number of imide groups is 1. The van der Waals surface area contributed by atoms with Gasteiger partial charge < -0.3 is 10.4 Å². The predicted octanol–water partition coefficient (Wildman–Crippen LogP) is 2.93. The van der Waals surface area contributed by atoms with E-state index < -0.39 is 23.7 Å². The van der Waals surface area contributed by atoms with Gasteiger partial charge in [0.05, 0.1) is 5.56 Å². The number of alkyl halides is 3. The Kier molecular flexibility index (Phi) is 5.13. The average molecular weight is 313 g/mol. The Bertz CT molecular complexity index is 663. The summed E-state index contributed by atoms with van der Waals surface area (Å²) in [5, 5.41) is 19.4. The van der Waals surface area contributed by atoms with E-state index in [1.165, 1.54) is 6.07 Å². The number of nitrogens with zero attached hydrogens (tertiary/aromatic N) is 2. The summed E-state index contributed by atoms with van der Waals surface area (Å²) in [4.78, 5) is 21.7. The molecule has 2 N–H and O–H groups in total. The van der Waals surface area contributed by atoms with Crippen LogP contribution in [0.3, 0.4) is 0 Å². The number of halogens is 3. The second-order valence-corrected chi connectivity index (χ2v) is 4.06. The summed E-state index contributed by atoms with van der Waals surface area (Å²) in [5.41, 5.74) is -0.289. The summed E-state index contributed by atoms with van der Waals surface area (Å²) >= 11 is 0. The summed E-state index contributed by atoms with van der Waals surface area (Å²) < 4.78 is 37.7. The number of carboxylic acid groups (broad SMARTS) is 1. The Morgan fingerprint density at radius 1 is 1.41 bits per heavy atom. The van der Waals surface area contributed by atoms with Crippen molar-refractivity contribution in [2.75, 3.05) is 5.32 Å². The number of nitriles is 1.